The molecule has 0 radical (unpaired) electrons. The lowest BCUT2D eigenvalue weighted by Crippen LogP contribution is -2.35. The van der Waals surface area contributed by atoms with Gasteiger partial charge in [-0.25, -0.2) is 4.79 Å². The quantitative estimate of drug-likeness (QED) is 0.323. The molecule has 22 heavy (non-hydrogen) atoms. The predicted molar refractivity (Wildman–Crippen MR) is 100.0 cm³/mol. The Kier molecular flexibility index (Phi) is 6.74. The Labute approximate surface area is 156 Å². The third-order valence-corrected chi connectivity index (χ3v) is 3.90. The van der Waals surface area contributed by atoms with Crippen LogP contribution >= 0.6 is 45.2 Å². The second kappa shape index (κ2) is 8.56. The van der Waals surface area contributed by atoms with Crippen molar-refractivity contribution in [3.8, 4) is 11.5 Å². The molecule has 0 amide bonds. The van der Waals surface area contributed by atoms with Gasteiger partial charge in [-0.3, -0.25) is 0 Å². The summed E-state index contributed by atoms with van der Waals surface area (Å²) < 4.78 is 18.3. The fourth-order valence-corrected chi connectivity index (χ4v) is 2.69. The van der Waals surface area contributed by atoms with E-state index in [1.807, 2.05) is 36.4 Å². The molecule has 4 nitrogen and oxygen atoms in total. The van der Waals surface area contributed by atoms with Crippen LogP contribution < -0.4 is 9.47 Å². The van der Waals surface area contributed by atoms with Crippen molar-refractivity contribution in [2.45, 2.75) is 13.2 Å². The van der Waals surface area contributed by atoms with Crippen LogP contribution in [0.15, 0.2) is 48.5 Å². The van der Waals surface area contributed by atoms with Crippen LogP contribution in [0.3, 0.4) is 0 Å². The van der Waals surface area contributed by atoms with Crippen molar-refractivity contribution in [3.63, 3.8) is 0 Å². The Morgan fingerprint density at radius 2 is 1.50 bits per heavy atom. The fourth-order valence-electron chi connectivity index (χ4n) is 1.66. The molecule has 0 aliphatic rings. The molecule has 0 spiro atoms. The molecule has 0 N–H and O–H groups in total. The van der Waals surface area contributed by atoms with Crippen molar-refractivity contribution < 1.29 is 19.0 Å². The van der Waals surface area contributed by atoms with Gasteiger partial charge in [0.25, 0.3) is 0 Å². The van der Waals surface area contributed by atoms with E-state index in [1.165, 1.54) is 0 Å². The monoisotopic (exact) mass is 524 g/mol. The lowest BCUT2D eigenvalue weighted by molar-refractivity contribution is -0.165. The standard InChI is InChI=1S/C16H14I2O4/c1-2-20-15(19)16(21-13-7-3-5-11(17)9-13)22-14-8-4-6-12(18)10-14/h3-10,16H,2H2,1H3. The molecular weight excluding hydrogens is 510 g/mol. The zero-order valence-electron chi connectivity index (χ0n) is 11.8. The van der Waals surface area contributed by atoms with Crippen molar-refractivity contribution in [3.05, 3.63) is 55.7 Å². The molecule has 6 heteroatoms. The Hall–Kier alpha value is -1.03. The summed E-state index contributed by atoms with van der Waals surface area (Å²) in [4.78, 5) is 12.0. The van der Waals surface area contributed by atoms with Crippen LogP contribution in [-0.4, -0.2) is 18.9 Å². The number of hydrogen-bond acceptors (Lipinski definition) is 4. The van der Waals surface area contributed by atoms with Crippen molar-refractivity contribution in [2.24, 2.45) is 0 Å². The Morgan fingerprint density at radius 1 is 1.00 bits per heavy atom. The molecule has 0 heterocycles. The highest BCUT2D eigenvalue weighted by molar-refractivity contribution is 14.1. The summed E-state index contributed by atoms with van der Waals surface area (Å²) in [6.07, 6.45) is -1.14. The van der Waals surface area contributed by atoms with E-state index >= 15 is 0 Å². The van der Waals surface area contributed by atoms with E-state index in [4.69, 9.17) is 14.2 Å². The molecule has 0 saturated carbocycles. The maximum absolute atomic E-state index is 12.0. The maximum atomic E-state index is 12.0. The van der Waals surface area contributed by atoms with Crippen molar-refractivity contribution in [1.82, 2.24) is 0 Å². The zero-order chi connectivity index (χ0) is 15.9. The van der Waals surface area contributed by atoms with Gasteiger partial charge in [-0.15, -0.1) is 0 Å². The Morgan fingerprint density at radius 3 is 1.91 bits per heavy atom. The fraction of sp³-hybridized carbons (Fsp3) is 0.188. The van der Waals surface area contributed by atoms with Crippen LogP contribution in [0.1, 0.15) is 6.92 Å². The number of hydrogen-bond donors (Lipinski definition) is 0. The van der Waals surface area contributed by atoms with Crippen LogP contribution in [0.2, 0.25) is 0 Å². The van der Waals surface area contributed by atoms with Gasteiger partial charge in [-0.05, 0) is 88.5 Å². The second-order valence-electron chi connectivity index (χ2n) is 4.23. The number of carbonyl (C=O) groups is 1. The summed E-state index contributed by atoms with van der Waals surface area (Å²) in [5.41, 5.74) is 0. The van der Waals surface area contributed by atoms with Gasteiger partial charge in [0.15, 0.2) is 0 Å². The van der Waals surface area contributed by atoms with Gasteiger partial charge in [0.1, 0.15) is 11.5 Å². The van der Waals surface area contributed by atoms with E-state index in [-0.39, 0.29) is 6.61 Å². The van der Waals surface area contributed by atoms with Crippen LogP contribution in [0.4, 0.5) is 0 Å². The molecule has 0 aromatic heterocycles. The summed E-state index contributed by atoms with van der Waals surface area (Å²) in [5.74, 6) is 0.548. The third-order valence-electron chi connectivity index (χ3n) is 2.56. The largest absolute Gasteiger partial charge is 0.460 e. The summed E-state index contributed by atoms with van der Waals surface area (Å²) >= 11 is 4.35. The minimum atomic E-state index is -1.14. The van der Waals surface area contributed by atoms with Crippen LogP contribution in [0, 0.1) is 7.14 Å². The summed E-state index contributed by atoms with van der Waals surface area (Å²) in [7, 11) is 0. The van der Waals surface area contributed by atoms with E-state index in [2.05, 4.69) is 45.2 Å². The molecule has 2 aromatic carbocycles. The van der Waals surface area contributed by atoms with Crippen LogP contribution in [-0.2, 0) is 9.53 Å². The average Bonchev–Trinajstić information content (AvgIpc) is 2.47. The van der Waals surface area contributed by atoms with Crippen LogP contribution in [0.25, 0.3) is 0 Å². The minimum Gasteiger partial charge on any atom is -0.460 e. The topological polar surface area (TPSA) is 44.8 Å². The van der Waals surface area contributed by atoms with Gasteiger partial charge in [0.05, 0.1) is 6.61 Å². The molecule has 0 unspecified atom stereocenters. The first kappa shape index (κ1) is 17.3. The third kappa shape index (κ3) is 5.31. The van der Waals surface area contributed by atoms with Crippen molar-refractivity contribution >= 4 is 51.2 Å². The molecule has 0 aliphatic carbocycles. The number of carbonyl (C=O) groups excluding carboxylic acids is 1. The first-order valence-corrected chi connectivity index (χ1v) is 8.75. The normalized spacial score (nSPS) is 10.4. The smallest absolute Gasteiger partial charge is 0.389 e. The lowest BCUT2D eigenvalue weighted by Gasteiger charge is -2.19. The number of esters is 1. The molecular formula is C16H14I2O4. The van der Waals surface area contributed by atoms with Gasteiger partial charge in [-0.2, -0.15) is 0 Å². The second-order valence-corrected chi connectivity index (χ2v) is 6.73. The highest BCUT2D eigenvalue weighted by Gasteiger charge is 2.24. The molecule has 0 aliphatic heterocycles. The van der Waals surface area contributed by atoms with Gasteiger partial charge >= 0.3 is 12.3 Å². The SMILES string of the molecule is CCOC(=O)C(Oc1cccc(I)c1)Oc1cccc(I)c1. The first-order chi connectivity index (χ1) is 10.6. The predicted octanol–water partition coefficient (Wildman–Crippen LogP) is 4.24. The molecule has 2 rings (SSSR count). The molecule has 0 bridgehead atoms. The molecule has 2 aromatic rings. The molecule has 0 saturated heterocycles. The van der Waals surface area contributed by atoms with E-state index < -0.39 is 12.3 Å². The summed E-state index contributed by atoms with van der Waals surface area (Å²) in [6.45, 7) is 2.01. The van der Waals surface area contributed by atoms with Crippen LogP contribution in [0.5, 0.6) is 11.5 Å². The molecule has 0 fully saturated rings. The number of ether oxygens (including phenoxy) is 3. The summed E-state index contributed by atoms with van der Waals surface area (Å²) in [5, 5.41) is 0. The average molecular weight is 524 g/mol. The highest BCUT2D eigenvalue weighted by atomic mass is 127. The Balaban J connectivity index is 2.17. The zero-order valence-corrected chi connectivity index (χ0v) is 16.1. The van der Waals surface area contributed by atoms with Gasteiger partial charge in [-0.1, -0.05) is 12.1 Å². The van der Waals surface area contributed by atoms with E-state index in [0.29, 0.717) is 11.5 Å². The molecule has 116 valence electrons. The highest BCUT2D eigenvalue weighted by Crippen LogP contribution is 2.20. The lowest BCUT2D eigenvalue weighted by atomic mass is 10.3. The van der Waals surface area contributed by atoms with E-state index in [1.54, 1.807) is 19.1 Å². The van der Waals surface area contributed by atoms with Gasteiger partial charge in [0, 0.05) is 7.14 Å². The number of rotatable bonds is 6. The first-order valence-electron chi connectivity index (χ1n) is 6.59. The van der Waals surface area contributed by atoms with E-state index in [9.17, 15) is 4.79 Å². The van der Waals surface area contributed by atoms with Crippen molar-refractivity contribution in [2.75, 3.05) is 6.61 Å². The summed E-state index contributed by atoms with van der Waals surface area (Å²) in [6, 6.07) is 14.8. The van der Waals surface area contributed by atoms with Crippen molar-refractivity contribution in [1.29, 1.82) is 0 Å². The van der Waals surface area contributed by atoms with Gasteiger partial charge < -0.3 is 14.2 Å². The molecule has 0 atom stereocenters. The Bertz CT molecular complexity index is 598. The van der Waals surface area contributed by atoms with Gasteiger partial charge in [0.2, 0.25) is 0 Å². The minimum absolute atomic E-state index is 0.265. The number of benzene rings is 2. The van der Waals surface area contributed by atoms with E-state index in [0.717, 1.165) is 7.14 Å². The maximum Gasteiger partial charge on any atom is 0.389 e. The number of halogens is 2.